The summed E-state index contributed by atoms with van der Waals surface area (Å²) in [6.45, 7) is 3.40. The number of rotatable bonds is 5. The molecule has 0 aromatic heterocycles. The van der Waals surface area contributed by atoms with Crippen LogP contribution >= 0.6 is 27.7 Å². The monoisotopic (exact) mass is 585 g/mol. The normalized spacial score (nSPS) is 26.5. The van der Waals surface area contributed by atoms with Crippen LogP contribution in [0.3, 0.4) is 0 Å². The Hall–Kier alpha value is -2.62. The largest absolute Gasteiger partial charge is 0.493 e. The molecule has 0 radical (unpaired) electrons. The van der Waals surface area contributed by atoms with Gasteiger partial charge in [-0.25, -0.2) is 0 Å². The fraction of sp³-hybridized carbons (Fsp3) is 0.393. The molecule has 37 heavy (non-hydrogen) atoms. The number of hydrogen-bond acceptors (Lipinski definition) is 8. The topological polar surface area (TPSA) is 82.1 Å². The Morgan fingerprint density at radius 2 is 1.84 bits per heavy atom. The van der Waals surface area contributed by atoms with Gasteiger partial charge in [-0.15, -0.1) is 11.8 Å². The molecule has 1 aliphatic heterocycles. The molecule has 4 atom stereocenters. The Bertz CT molecular complexity index is 1330. The third-order valence-corrected chi connectivity index (χ3v) is 9.94. The van der Waals surface area contributed by atoms with Crippen molar-refractivity contribution in [3.8, 4) is 11.5 Å². The lowest BCUT2D eigenvalue weighted by atomic mass is 9.53. The van der Waals surface area contributed by atoms with E-state index in [-0.39, 0.29) is 40.9 Å². The molecule has 1 heterocycles. The fourth-order valence-electron chi connectivity index (χ4n) is 6.17. The van der Waals surface area contributed by atoms with Crippen LogP contribution in [-0.2, 0) is 24.5 Å². The lowest BCUT2D eigenvalue weighted by molar-refractivity contribution is -0.134. The van der Waals surface area contributed by atoms with Crippen LogP contribution in [0, 0.1) is 5.92 Å². The van der Waals surface area contributed by atoms with Gasteiger partial charge in [-0.1, -0.05) is 18.2 Å². The molecule has 7 nitrogen and oxygen atoms in total. The molecule has 2 aromatic rings. The molecular weight excluding hydrogens is 558 g/mol. The van der Waals surface area contributed by atoms with E-state index >= 15 is 0 Å². The lowest BCUT2D eigenvalue weighted by Gasteiger charge is -2.59. The number of likely N-dealkylation sites (N-methyl/N-ethyl adjacent to an activating group) is 1. The summed E-state index contributed by atoms with van der Waals surface area (Å²) in [6, 6.07) is 11.8. The highest BCUT2D eigenvalue weighted by Crippen LogP contribution is 2.63. The highest BCUT2D eigenvalue weighted by molar-refractivity contribution is 9.10. The second-order valence-corrected chi connectivity index (χ2v) is 11.8. The molecule has 0 N–H and O–H groups in total. The number of hydrogen-bond donors (Lipinski definition) is 0. The maximum absolute atomic E-state index is 13.3. The van der Waals surface area contributed by atoms with E-state index in [0.717, 1.165) is 27.0 Å². The first-order valence-electron chi connectivity index (χ1n) is 12.1. The van der Waals surface area contributed by atoms with E-state index in [9.17, 15) is 14.4 Å². The van der Waals surface area contributed by atoms with Gasteiger partial charge in [0.05, 0.1) is 12.4 Å². The number of ether oxygens (including phenoxy) is 3. The minimum atomic E-state index is -0.627. The van der Waals surface area contributed by atoms with Gasteiger partial charge in [0.15, 0.2) is 23.0 Å². The van der Waals surface area contributed by atoms with Crippen molar-refractivity contribution in [1.82, 2.24) is 4.90 Å². The van der Waals surface area contributed by atoms with Gasteiger partial charge in [-0.3, -0.25) is 14.4 Å². The van der Waals surface area contributed by atoms with Crippen LogP contribution in [0.2, 0.25) is 0 Å². The maximum Gasteiger partial charge on any atom is 0.308 e. The predicted molar refractivity (Wildman–Crippen MR) is 143 cm³/mol. The molecule has 3 aliphatic rings. The SMILES string of the molecule is COC1=CC2C3C(Sc4ccccc4Br)c4ccc(OC(C)=O)c(OC(C)=O)c4C2(CCN3C)CC1=O. The first-order valence-corrected chi connectivity index (χ1v) is 13.8. The van der Waals surface area contributed by atoms with Gasteiger partial charge >= 0.3 is 11.9 Å². The van der Waals surface area contributed by atoms with Crippen LogP contribution in [-0.4, -0.2) is 49.4 Å². The predicted octanol–water partition coefficient (Wildman–Crippen LogP) is 5.21. The molecule has 5 rings (SSSR count). The van der Waals surface area contributed by atoms with Gasteiger partial charge in [-0.05, 0) is 65.8 Å². The zero-order valence-corrected chi connectivity index (χ0v) is 23.5. The number of halogens is 1. The highest BCUT2D eigenvalue weighted by atomic mass is 79.9. The molecule has 1 saturated heterocycles. The zero-order chi connectivity index (χ0) is 26.5. The van der Waals surface area contributed by atoms with Crippen molar-refractivity contribution in [2.45, 2.75) is 48.3 Å². The van der Waals surface area contributed by atoms with Crippen molar-refractivity contribution in [3.63, 3.8) is 0 Å². The number of likely N-dealkylation sites (tertiary alicyclic amines) is 1. The van der Waals surface area contributed by atoms with Gasteiger partial charge in [0.2, 0.25) is 0 Å². The summed E-state index contributed by atoms with van der Waals surface area (Å²) in [5, 5.41) is -0.0691. The van der Waals surface area contributed by atoms with Crippen molar-refractivity contribution in [2.24, 2.45) is 5.92 Å². The Balaban J connectivity index is 1.81. The number of methoxy groups -OCH3 is 1. The number of nitrogens with zero attached hydrogens (tertiary/aromatic N) is 1. The lowest BCUT2D eigenvalue weighted by Crippen LogP contribution is -2.61. The number of benzene rings is 2. The minimum absolute atomic E-state index is 0.0429. The first-order chi connectivity index (χ1) is 17.7. The van der Waals surface area contributed by atoms with E-state index in [1.165, 1.54) is 21.0 Å². The third kappa shape index (κ3) is 4.41. The van der Waals surface area contributed by atoms with Crippen LogP contribution in [0.4, 0.5) is 0 Å². The van der Waals surface area contributed by atoms with E-state index in [4.69, 9.17) is 14.2 Å². The number of allylic oxidation sites excluding steroid dienone is 1. The summed E-state index contributed by atoms with van der Waals surface area (Å²) in [5.74, 6) is -0.433. The molecule has 0 amide bonds. The molecule has 194 valence electrons. The smallest absolute Gasteiger partial charge is 0.308 e. The van der Waals surface area contributed by atoms with Crippen LogP contribution in [0.1, 0.15) is 43.1 Å². The standard InChI is InChI=1S/C28H28BrNO6S/c1-15(31)35-21-10-9-17-24(26(21)36-16(2)32)28-11-12-30(3)25(18(28)13-22(34-4)20(33)14-28)27(17)37-23-8-6-5-7-19(23)29/h5-10,13,18,25,27H,11-12,14H2,1-4H3. The number of thioether (sulfide) groups is 1. The average Bonchev–Trinajstić information content (AvgIpc) is 2.84. The van der Waals surface area contributed by atoms with Gasteiger partial charge in [0.25, 0.3) is 0 Å². The number of ketones is 1. The van der Waals surface area contributed by atoms with E-state index in [0.29, 0.717) is 12.2 Å². The second-order valence-electron chi connectivity index (χ2n) is 9.75. The molecule has 0 spiro atoms. The molecule has 9 heteroatoms. The second kappa shape index (κ2) is 9.93. The number of carbonyl (C=O) groups is 3. The Morgan fingerprint density at radius 1 is 1.11 bits per heavy atom. The van der Waals surface area contributed by atoms with Crippen molar-refractivity contribution in [1.29, 1.82) is 0 Å². The molecule has 2 aromatic carbocycles. The number of esters is 2. The van der Waals surface area contributed by atoms with Crippen LogP contribution < -0.4 is 9.47 Å². The van der Waals surface area contributed by atoms with Crippen molar-refractivity contribution < 1.29 is 28.6 Å². The van der Waals surface area contributed by atoms with E-state index in [1.54, 1.807) is 17.8 Å². The number of piperidine rings is 1. The summed E-state index contributed by atoms with van der Waals surface area (Å²) in [4.78, 5) is 41.0. The summed E-state index contributed by atoms with van der Waals surface area (Å²) in [5.41, 5.74) is 1.13. The van der Waals surface area contributed by atoms with Gasteiger partial charge in [0.1, 0.15) is 0 Å². The van der Waals surface area contributed by atoms with Crippen molar-refractivity contribution in [2.75, 3.05) is 20.7 Å². The Morgan fingerprint density at radius 3 is 2.51 bits per heavy atom. The first kappa shape index (κ1) is 26.0. The van der Waals surface area contributed by atoms with Crippen LogP contribution in [0.5, 0.6) is 11.5 Å². The summed E-state index contributed by atoms with van der Waals surface area (Å²) < 4.78 is 17.8. The van der Waals surface area contributed by atoms with Crippen molar-refractivity contribution >= 4 is 45.4 Å². The fourth-order valence-corrected chi connectivity index (χ4v) is 8.19. The number of carbonyl (C=O) groups excluding carboxylic acids is 3. The molecule has 2 bridgehead atoms. The molecule has 2 aliphatic carbocycles. The quantitative estimate of drug-likeness (QED) is 0.349. The number of fused-ring (bicyclic) bond motifs is 1. The zero-order valence-electron chi connectivity index (χ0n) is 21.1. The summed E-state index contributed by atoms with van der Waals surface area (Å²) in [7, 11) is 3.64. The Labute approximate surface area is 228 Å². The third-order valence-electron chi connectivity index (χ3n) is 7.59. The van der Waals surface area contributed by atoms with E-state index in [1.807, 2.05) is 30.3 Å². The Kier molecular flexibility index (Phi) is 6.98. The summed E-state index contributed by atoms with van der Waals surface area (Å²) in [6.07, 6.45) is 2.86. The van der Waals surface area contributed by atoms with E-state index < -0.39 is 17.4 Å². The van der Waals surface area contributed by atoms with E-state index in [2.05, 4.69) is 33.9 Å². The van der Waals surface area contributed by atoms with Gasteiger partial charge in [0, 0.05) is 52.6 Å². The molecule has 0 saturated carbocycles. The van der Waals surface area contributed by atoms with Crippen molar-refractivity contribution in [3.05, 3.63) is 63.8 Å². The van der Waals surface area contributed by atoms with Crippen LogP contribution in [0.25, 0.3) is 0 Å². The van der Waals surface area contributed by atoms with Gasteiger partial charge in [-0.2, -0.15) is 0 Å². The van der Waals surface area contributed by atoms with Crippen LogP contribution in [0.15, 0.2) is 57.6 Å². The molecular formula is C28H28BrNO6S. The molecule has 1 fully saturated rings. The minimum Gasteiger partial charge on any atom is -0.493 e. The number of Topliss-reactive ketones (excluding diaryl/α,β-unsaturated/α-hetero) is 1. The molecule has 4 unspecified atom stereocenters. The summed E-state index contributed by atoms with van der Waals surface area (Å²) >= 11 is 5.41. The van der Waals surface area contributed by atoms with Gasteiger partial charge < -0.3 is 19.1 Å². The maximum atomic E-state index is 13.3. The highest BCUT2D eigenvalue weighted by Gasteiger charge is 2.60. The average molecular weight is 587 g/mol.